The predicted octanol–water partition coefficient (Wildman–Crippen LogP) is 5.56. The molecular formula is C19H31BrO3Si. The van der Waals surface area contributed by atoms with Gasteiger partial charge in [-0.15, -0.1) is 0 Å². The lowest BCUT2D eigenvalue weighted by molar-refractivity contribution is -0.142. The molecule has 3 nitrogen and oxygen atoms in total. The van der Waals surface area contributed by atoms with Crippen LogP contribution in [0.2, 0.25) is 18.1 Å². The number of aryl methyl sites for hydroxylation is 2. The summed E-state index contributed by atoms with van der Waals surface area (Å²) < 4.78 is 12.5. The molecule has 1 aromatic rings. The molecule has 0 aliphatic carbocycles. The van der Waals surface area contributed by atoms with Crippen LogP contribution in [0.1, 0.15) is 43.9 Å². The van der Waals surface area contributed by atoms with Gasteiger partial charge in [-0.2, -0.15) is 0 Å². The van der Waals surface area contributed by atoms with E-state index in [-0.39, 0.29) is 23.5 Å². The van der Waals surface area contributed by atoms with Gasteiger partial charge in [-0.3, -0.25) is 4.79 Å². The summed E-state index contributed by atoms with van der Waals surface area (Å²) in [5, 5.41) is 0.102. The van der Waals surface area contributed by atoms with E-state index in [4.69, 9.17) is 9.16 Å². The molecule has 24 heavy (non-hydrogen) atoms. The van der Waals surface area contributed by atoms with Gasteiger partial charge in [-0.25, -0.2) is 0 Å². The largest absolute Gasteiger partial charge is 0.469 e. The minimum absolute atomic E-state index is 0.102. The second kappa shape index (κ2) is 8.15. The number of benzene rings is 1. The smallest absolute Gasteiger partial charge is 0.308 e. The highest BCUT2D eigenvalue weighted by Crippen LogP contribution is 2.38. The fourth-order valence-corrected chi connectivity index (χ4v) is 4.55. The summed E-state index contributed by atoms with van der Waals surface area (Å²) in [6.07, 6.45) is 0.863. The van der Waals surface area contributed by atoms with Crippen LogP contribution >= 0.6 is 15.9 Å². The molecule has 0 aromatic heterocycles. The van der Waals surface area contributed by atoms with Gasteiger partial charge in [-0.1, -0.05) is 36.7 Å². The molecule has 0 aliphatic rings. The zero-order chi connectivity index (χ0) is 18.7. The van der Waals surface area contributed by atoms with Gasteiger partial charge < -0.3 is 9.16 Å². The molecule has 0 fully saturated rings. The molecule has 0 aliphatic heterocycles. The van der Waals surface area contributed by atoms with Crippen LogP contribution in [0.15, 0.2) is 16.6 Å². The first-order valence-electron chi connectivity index (χ1n) is 8.37. The lowest BCUT2D eigenvalue weighted by Gasteiger charge is -2.39. The summed E-state index contributed by atoms with van der Waals surface area (Å²) in [5.74, 6) is -0.217. The van der Waals surface area contributed by atoms with Crippen molar-refractivity contribution in [3.63, 3.8) is 0 Å². The van der Waals surface area contributed by atoms with Crippen LogP contribution in [-0.4, -0.2) is 27.5 Å². The Balaban J connectivity index is 3.10. The molecule has 0 radical (unpaired) electrons. The van der Waals surface area contributed by atoms with Crippen molar-refractivity contribution in [2.24, 2.45) is 0 Å². The number of ether oxygens (including phenoxy) is 1. The van der Waals surface area contributed by atoms with Crippen molar-refractivity contribution in [3.05, 3.63) is 33.3 Å². The topological polar surface area (TPSA) is 35.5 Å². The number of carbonyl (C=O) groups excluding carboxylic acids is 1. The highest BCUT2D eigenvalue weighted by Gasteiger charge is 2.39. The van der Waals surface area contributed by atoms with E-state index in [2.05, 4.69) is 75.8 Å². The van der Waals surface area contributed by atoms with Crippen LogP contribution in [0, 0.1) is 13.8 Å². The third kappa shape index (κ3) is 5.71. The van der Waals surface area contributed by atoms with Crippen molar-refractivity contribution in [1.82, 2.24) is 0 Å². The second-order valence-corrected chi connectivity index (χ2v) is 13.7. The molecular weight excluding hydrogens is 384 g/mol. The maximum Gasteiger partial charge on any atom is 0.308 e. The van der Waals surface area contributed by atoms with Crippen molar-refractivity contribution in [1.29, 1.82) is 0 Å². The Labute approximate surface area is 156 Å². The van der Waals surface area contributed by atoms with E-state index in [9.17, 15) is 4.79 Å². The molecule has 0 heterocycles. The molecule has 5 heteroatoms. The molecule has 1 aromatic carbocycles. The molecule has 0 amide bonds. The van der Waals surface area contributed by atoms with Crippen molar-refractivity contribution in [2.45, 2.75) is 71.7 Å². The highest BCUT2D eigenvalue weighted by atomic mass is 79.9. The average molecular weight is 415 g/mol. The molecule has 0 saturated carbocycles. The van der Waals surface area contributed by atoms with Gasteiger partial charge >= 0.3 is 5.97 Å². The number of carbonyl (C=O) groups is 1. The summed E-state index contributed by atoms with van der Waals surface area (Å²) in [6.45, 7) is 15.3. The van der Waals surface area contributed by atoms with Gasteiger partial charge in [0.2, 0.25) is 0 Å². The van der Waals surface area contributed by atoms with Crippen LogP contribution in [0.3, 0.4) is 0 Å². The van der Waals surface area contributed by atoms with E-state index >= 15 is 0 Å². The lowest BCUT2D eigenvalue weighted by atomic mass is 9.96. The summed E-state index contributed by atoms with van der Waals surface area (Å²) in [7, 11) is -0.532. The summed E-state index contributed by atoms with van der Waals surface area (Å²) in [5.41, 5.74) is 3.69. The zero-order valence-electron chi connectivity index (χ0n) is 16.2. The molecule has 0 bridgehead atoms. The zero-order valence-corrected chi connectivity index (χ0v) is 18.8. The first-order chi connectivity index (χ1) is 10.9. The minimum atomic E-state index is -1.96. The van der Waals surface area contributed by atoms with E-state index in [1.54, 1.807) is 0 Å². The quantitative estimate of drug-likeness (QED) is 0.451. The van der Waals surface area contributed by atoms with E-state index in [0.717, 1.165) is 10.9 Å². The monoisotopic (exact) mass is 414 g/mol. The Hall–Kier alpha value is -0.653. The van der Waals surface area contributed by atoms with Gasteiger partial charge in [0.05, 0.1) is 19.6 Å². The molecule has 0 spiro atoms. The van der Waals surface area contributed by atoms with Gasteiger partial charge in [0.1, 0.15) is 0 Å². The van der Waals surface area contributed by atoms with Crippen molar-refractivity contribution in [2.75, 3.05) is 7.11 Å². The number of esters is 1. The van der Waals surface area contributed by atoms with E-state index < -0.39 is 8.32 Å². The molecule has 1 rings (SSSR count). The van der Waals surface area contributed by atoms with Gasteiger partial charge in [0.25, 0.3) is 0 Å². The highest BCUT2D eigenvalue weighted by molar-refractivity contribution is 9.10. The third-order valence-electron chi connectivity index (χ3n) is 4.98. The van der Waals surface area contributed by atoms with E-state index in [1.165, 1.54) is 23.8 Å². The SMILES string of the molecule is COC(=O)CC(Cc1c(C)cc(Br)cc1C)O[Si](C)(C)C(C)(C)C. The van der Waals surface area contributed by atoms with E-state index in [0.29, 0.717) is 0 Å². The normalized spacial score (nSPS) is 13.7. The van der Waals surface area contributed by atoms with Crippen LogP contribution in [-0.2, 0) is 20.4 Å². The van der Waals surface area contributed by atoms with Gasteiger partial charge in [0.15, 0.2) is 8.32 Å². The maximum atomic E-state index is 11.9. The third-order valence-corrected chi connectivity index (χ3v) is 9.97. The standard InChI is InChI=1S/C19H31BrO3Si/c1-13-9-15(20)10-14(2)17(13)11-16(12-18(21)22-6)23-24(7,8)19(3,4)5/h9-10,16H,11-12H2,1-8H3. The molecule has 0 N–H and O–H groups in total. The van der Waals surface area contributed by atoms with Crippen molar-refractivity contribution in [3.8, 4) is 0 Å². The Kier molecular flexibility index (Phi) is 7.26. The maximum absolute atomic E-state index is 11.9. The lowest BCUT2D eigenvalue weighted by Crippen LogP contribution is -2.45. The van der Waals surface area contributed by atoms with Gasteiger partial charge in [-0.05, 0) is 67.2 Å². The fraction of sp³-hybridized carbons (Fsp3) is 0.632. The minimum Gasteiger partial charge on any atom is -0.469 e. The Morgan fingerprint density at radius 3 is 2.12 bits per heavy atom. The first-order valence-corrected chi connectivity index (χ1v) is 12.1. The van der Waals surface area contributed by atoms with E-state index in [1.807, 2.05) is 0 Å². The van der Waals surface area contributed by atoms with Crippen LogP contribution in [0.5, 0.6) is 0 Å². The Bertz CT molecular complexity index is 568. The molecule has 1 unspecified atom stereocenters. The molecule has 0 saturated heterocycles. The molecule has 136 valence electrons. The second-order valence-electron chi connectivity index (χ2n) is 8.00. The number of halogens is 1. The molecule has 1 atom stereocenters. The Morgan fingerprint density at radius 2 is 1.71 bits per heavy atom. The number of rotatable bonds is 6. The number of methoxy groups -OCH3 is 1. The summed E-state index contributed by atoms with van der Waals surface area (Å²) >= 11 is 3.54. The number of hydrogen-bond donors (Lipinski definition) is 0. The van der Waals surface area contributed by atoms with Crippen LogP contribution in [0.25, 0.3) is 0 Å². The number of hydrogen-bond acceptors (Lipinski definition) is 3. The van der Waals surface area contributed by atoms with Crippen molar-refractivity contribution >= 4 is 30.2 Å². The van der Waals surface area contributed by atoms with Crippen LogP contribution in [0.4, 0.5) is 0 Å². The first kappa shape index (κ1) is 21.4. The summed E-state index contributed by atoms with van der Waals surface area (Å²) in [6, 6.07) is 4.23. The van der Waals surface area contributed by atoms with Gasteiger partial charge in [0, 0.05) is 4.47 Å². The average Bonchev–Trinajstić information content (AvgIpc) is 2.40. The summed E-state index contributed by atoms with van der Waals surface area (Å²) in [4.78, 5) is 11.9. The van der Waals surface area contributed by atoms with Crippen LogP contribution < -0.4 is 0 Å². The Morgan fingerprint density at radius 1 is 1.21 bits per heavy atom. The fourth-order valence-electron chi connectivity index (χ4n) is 2.51. The predicted molar refractivity (Wildman–Crippen MR) is 106 cm³/mol. The van der Waals surface area contributed by atoms with Crippen molar-refractivity contribution < 1.29 is 14.0 Å².